The second-order valence-corrected chi connectivity index (χ2v) is 14.8. The van der Waals surface area contributed by atoms with Crippen molar-refractivity contribution in [1.29, 1.82) is 0 Å². The molecule has 0 atom stereocenters. The Morgan fingerprint density at radius 1 is 0.491 bits per heavy atom. The molecule has 0 aliphatic carbocycles. The van der Waals surface area contributed by atoms with Gasteiger partial charge in [0.2, 0.25) is 5.71 Å². The summed E-state index contributed by atoms with van der Waals surface area (Å²) in [6.07, 6.45) is 0. The maximum absolute atomic E-state index is 6.40. The Balaban J connectivity index is 1.29. The van der Waals surface area contributed by atoms with Crippen LogP contribution < -0.4 is 0 Å². The van der Waals surface area contributed by atoms with Crippen molar-refractivity contribution in [2.75, 3.05) is 0 Å². The first-order valence-corrected chi connectivity index (χ1v) is 18.6. The second-order valence-electron chi connectivity index (χ2n) is 13.7. The van der Waals surface area contributed by atoms with Crippen LogP contribution >= 0.6 is 11.3 Å². The highest BCUT2D eigenvalue weighted by atomic mass is 32.1. The molecule has 0 radical (unpaired) electrons. The van der Waals surface area contributed by atoms with Crippen LogP contribution in [0.15, 0.2) is 168 Å². The zero-order chi connectivity index (χ0) is 34.6. The summed E-state index contributed by atoms with van der Waals surface area (Å²) >= 11 is 1.87. The van der Waals surface area contributed by atoms with Crippen LogP contribution in [0.2, 0.25) is 0 Å². The fraction of sp³-hybridized carbons (Fsp3) is 0. The zero-order valence-corrected chi connectivity index (χ0v) is 29.1. The van der Waals surface area contributed by atoms with Crippen molar-refractivity contribution in [2.24, 2.45) is 0 Å². The molecule has 0 saturated carbocycles. The van der Waals surface area contributed by atoms with Gasteiger partial charge < -0.3 is 4.42 Å². The van der Waals surface area contributed by atoms with Crippen LogP contribution in [0.5, 0.6) is 0 Å². The highest BCUT2D eigenvalue weighted by molar-refractivity contribution is 7.27. The highest BCUT2D eigenvalue weighted by Crippen LogP contribution is 2.49. The predicted octanol–water partition coefficient (Wildman–Crippen LogP) is 13.5. The van der Waals surface area contributed by atoms with Crippen molar-refractivity contribution >= 4 is 97.1 Å². The second kappa shape index (κ2) is 10.8. The molecule has 0 unspecified atom stereocenters. The molecule has 0 amide bonds. The third-order valence-corrected chi connectivity index (χ3v) is 11.9. The van der Waals surface area contributed by atoms with Gasteiger partial charge in [-0.25, -0.2) is 9.97 Å². The van der Waals surface area contributed by atoms with Crippen LogP contribution in [-0.2, 0) is 0 Å². The van der Waals surface area contributed by atoms with E-state index in [1.807, 2.05) is 29.5 Å². The van der Waals surface area contributed by atoms with E-state index >= 15 is 0 Å². The maximum atomic E-state index is 6.40. The van der Waals surface area contributed by atoms with Crippen LogP contribution in [0.25, 0.3) is 114 Å². The smallest absolute Gasteiger partial charge is 0.247 e. The lowest BCUT2D eigenvalue weighted by atomic mass is 9.98. The minimum atomic E-state index is 0.528. The monoisotopic (exact) mass is 693 g/mol. The van der Waals surface area contributed by atoms with E-state index in [9.17, 15) is 0 Å². The number of furan rings is 1. The topological polar surface area (TPSA) is 43.9 Å². The molecule has 246 valence electrons. The molecule has 0 N–H and O–H groups in total. The van der Waals surface area contributed by atoms with E-state index < -0.39 is 0 Å². The van der Waals surface area contributed by atoms with Crippen LogP contribution in [0.4, 0.5) is 0 Å². The van der Waals surface area contributed by atoms with Crippen LogP contribution in [-0.4, -0.2) is 14.5 Å². The third kappa shape index (κ3) is 4.11. The molecule has 12 rings (SSSR count). The zero-order valence-electron chi connectivity index (χ0n) is 28.2. The normalized spacial score (nSPS) is 12.2. The van der Waals surface area contributed by atoms with Crippen LogP contribution in [0.3, 0.4) is 0 Å². The quantitative estimate of drug-likeness (QED) is 0.185. The van der Waals surface area contributed by atoms with Crippen molar-refractivity contribution in [3.63, 3.8) is 0 Å². The molecule has 0 fully saturated rings. The summed E-state index contributed by atoms with van der Waals surface area (Å²) in [6.45, 7) is 0. The Morgan fingerprint density at radius 3 is 2.00 bits per heavy atom. The average Bonchev–Trinajstić information content (AvgIpc) is 3.89. The minimum absolute atomic E-state index is 0.528. The highest BCUT2D eigenvalue weighted by Gasteiger charge is 2.26. The van der Waals surface area contributed by atoms with Crippen LogP contribution in [0, 0.1) is 0 Å². The van der Waals surface area contributed by atoms with Gasteiger partial charge in [-0.15, -0.1) is 11.3 Å². The number of benzene rings is 8. The fourth-order valence-corrected chi connectivity index (χ4v) is 9.71. The summed E-state index contributed by atoms with van der Waals surface area (Å²) < 4.78 is 11.3. The standard InChI is InChI=1S/C48H27N3OS/c1-2-13-28(14-3-1)29-17-12-18-32(25-29)43-47(49-44-36-22-9-11-24-39(36)52-48(44)50-43)51-38-23-10-8-21-35(38)41-33-19-6-7-20-34(33)42-37-26-30-15-4-5-16-31(30)27-40(37)53-46(42)45(41)51/h1-27H. The number of fused-ring (bicyclic) bond motifs is 14. The van der Waals surface area contributed by atoms with Gasteiger partial charge in [0.15, 0.2) is 5.82 Å². The molecule has 0 saturated heterocycles. The van der Waals surface area contributed by atoms with Gasteiger partial charge in [-0.1, -0.05) is 127 Å². The number of aromatic nitrogens is 3. The SMILES string of the molecule is c1ccc(-c2cccc(-c3nc4oc5ccccc5c4nc3-n3c4ccccc4c4c5ccccc5c5c6cc7ccccc7cc6sc5c43)c2)cc1. The molecular weight excluding hydrogens is 667 g/mol. The van der Waals surface area contributed by atoms with Crippen molar-refractivity contribution in [3.8, 4) is 28.2 Å². The van der Waals surface area contributed by atoms with Gasteiger partial charge in [-0.2, -0.15) is 0 Å². The van der Waals surface area contributed by atoms with Crippen LogP contribution in [0.1, 0.15) is 0 Å². The molecule has 12 aromatic rings. The molecule has 53 heavy (non-hydrogen) atoms. The molecule has 4 heterocycles. The maximum Gasteiger partial charge on any atom is 0.247 e. The molecular formula is C48H27N3OS. The first kappa shape index (κ1) is 28.8. The average molecular weight is 694 g/mol. The van der Waals surface area contributed by atoms with E-state index in [4.69, 9.17) is 14.4 Å². The van der Waals surface area contributed by atoms with Gasteiger partial charge >= 0.3 is 0 Å². The third-order valence-electron chi connectivity index (χ3n) is 10.8. The van der Waals surface area contributed by atoms with Gasteiger partial charge in [0.25, 0.3) is 0 Å². The van der Waals surface area contributed by atoms with E-state index in [0.717, 1.165) is 55.7 Å². The molecule has 4 aromatic heterocycles. The Hall–Kier alpha value is -6.82. The molecule has 0 aliphatic heterocycles. The number of thiophene rings is 1. The number of para-hydroxylation sites is 2. The first-order valence-electron chi connectivity index (χ1n) is 17.8. The summed E-state index contributed by atoms with van der Waals surface area (Å²) in [6, 6.07) is 58.3. The van der Waals surface area contributed by atoms with Gasteiger partial charge in [0.1, 0.15) is 16.8 Å². The van der Waals surface area contributed by atoms with Crippen molar-refractivity contribution < 1.29 is 4.42 Å². The van der Waals surface area contributed by atoms with E-state index in [1.165, 1.54) is 52.5 Å². The fourth-order valence-electron chi connectivity index (χ4n) is 8.42. The minimum Gasteiger partial charge on any atom is -0.436 e. The molecule has 5 heteroatoms. The Kier molecular flexibility index (Phi) is 5.90. The molecule has 4 nitrogen and oxygen atoms in total. The molecule has 0 bridgehead atoms. The van der Waals surface area contributed by atoms with Gasteiger partial charge in [-0.05, 0) is 69.1 Å². The molecule has 0 spiro atoms. The Bertz CT molecular complexity index is 3460. The van der Waals surface area contributed by atoms with Gasteiger partial charge in [0, 0.05) is 37.2 Å². The lowest BCUT2D eigenvalue weighted by Gasteiger charge is -2.14. The summed E-state index contributed by atoms with van der Waals surface area (Å²) in [5.74, 6) is 0.777. The van der Waals surface area contributed by atoms with Crippen molar-refractivity contribution in [3.05, 3.63) is 164 Å². The van der Waals surface area contributed by atoms with E-state index in [2.05, 4.69) is 150 Å². The lowest BCUT2D eigenvalue weighted by molar-refractivity contribution is 0.653. The van der Waals surface area contributed by atoms with E-state index in [0.29, 0.717) is 5.71 Å². The number of hydrogen-bond donors (Lipinski definition) is 0. The van der Waals surface area contributed by atoms with Gasteiger partial charge in [-0.3, -0.25) is 4.57 Å². The predicted molar refractivity (Wildman–Crippen MR) is 222 cm³/mol. The number of nitrogens with zero attached hydrogens (tertiary/aromatic N) is 3. The largest absolute Gasteiger partial charge is 0.436 e. The van der Waals surface area contributed by atoms with Crippen molar-refractivity contribution in [1.82, 2.24) is 14.5 Å². The van der Waals surface area contributed by atoms with Gasteiger partial charge in [0.05, 0.1) is 15.7 Å². The summed E-state index contributed by atoms with van der Waals surface area (Å²) in [5, 5.41) is 10.9. The summed E-state index contributed by atoms with van der Waals surface area (Å²) in [5.41, 5.74) is 8.30. The lowest BCUT2D eigenvalue weighted by Crippen LogP contribution is -2.03. The summed E-state index contributed by atoms with van der Waals surface area (Å²) in [7, 11) is 0. The Morgan fingerprint density at radius 2 is 1.15 bits per heavy atom. The molecule has 8 aromatic carbocycles. The van der Waals surface area contributed by atoms with E-state index in [-0.39, 0.29) is 0 Å². The summed E-state index contributed by atoms with van der Waals surface area (Å²) in [4.78, 5) is 10.9. The number of hydrogen-bond acceptors (Lipinski definition) is 4. The van der Waals surface area contributed by atoms with Crippen molar-refractivity contribution in [2.45, 2.75) is 0 Å². The Labute approximate surface area is 306 Å². The first-order chi connectivity index (χ1) is 26.3. The van der Waals surface area contributed by atoms with E-state index in [1.54, 1.807) is 0 Å². The molecule has 0 aliphatic rings. The number of rotatable bonds is 3.